The van der Waals surface area contributed by atoms with Crippen LogP contribution in [0.1, 0.15) is 5.69 Å². The lowest BCUT2D eigenvalue weighted by atomic mass is 10.3. The minimum Gasteiger partial charge on any atom is -0.303 e. The summed E-state index contributed by atoms with van der Waals surface area (Å²) in [6.07, 6.45) is -4.96. The molecule has 0 aliphatic rings. The van der Waals surface area contributed by atoms with Gasteiger partial charge < -0.3 is 4.98 Å². The van der Waals surface area contributed by atoms with Crippen molar-refractivity contribution >= 4 is 22.6 Å². The summed E-state index contributed by atoms with van der Waals surface area (Å²) in [7, 11) is 0. The SMILES string of the molecule is O=c1cc(C(F)(F)F)[nH]c(=O)n1-c1c(F)cc(I)cc1F. The van der Waals surface area contributed by atoms with E-state index >= 15 is 0 Å². The summed E-state index contributed by atoms with van der Waals surface area (Å²) in [5.74, 6) is -2.49. The number of nitrogens with one attached hydrogen (secondary N) is 1. The number of hydrogen-bond donors (Lipinski definition) is 1. The van der Waals surface area contributed by atoms with Gasteiger partial charge in [-0.25, -0.2) is 18.1 Å². The van der Waals surface area contributed by atoms with Crippen molar-refractivity contribution in [3.63, 3.8) is 0 Å². The first-order chi connectivity index (χ1) is 9.61. The van der Waals surface area contributed by atoms with Crippen LogP contribution in [0.3, 0.4) is 0 Å². The first-order valence-electron chi connectivity index (χ1n) is 5.20. The monoisotopic (exact) mass is 418 g/mol. The molecular weight excluding hydrogens is 414 g/mol. The van der Waals surface area contributed by atoms with Crippen LogP contribution in [0, 0.1) is 15.2 Å². The average Bonchev–Trinajstić information content (AvgIpc) is 2.29. The molecular formula is C11H4F5IN2O2. The standard InChI is InChI=1S/C11H4F5IN2O2/c12-5-1-4(17)2-6(13)9(5)19-8(20)3-7(11(14,15)16)18-10(19)21/h1-3H,(H,18,21). The van der Waals surface area contributed by atoms with Gasteiger partial charge in [-0.1, -0.05) is 0 Å². The Hall–Kier alpha value is -1.72. The van der Waals surface area contributed by atoms with E-state index in [1.54, 1.807) is 22.6 Å². The van der Waals surface area contributed by atoms with Gasteiger partial charge in [-0.3, -0.25) is 4.79 Å². The van der Waals surface area contributed by atoms with Gasteiger partial charge in [0.1, 0.15) is 11.4 Å². The highest BCUT2D eigenvalue weighted by molar-refractivity contribution is 14.1. The van der Waals surface area contributed by atoms with Gasteiger partial charge in [-0.2, -0.15) is 13.2 Å². The molecule has 0 fully saturated rings. The van der Waals surface area contributed by atoms with E-state index in [1.807, 2.05) is 0 Å². The molecule has 1 N–H and O–H groups in total. The van der Waals surface area contributed by atoms with Gasteiger partial charge in [-0.05, 0) is 34.7 Å². The topological polar surface area (TPSA) is 54.9 Å². The van der Waals surface area contributed by atoms with Gasteiger partial charge in [0.15, 0.2) is 11.6 Å². The number of nitrogens with zero attached hydrogens (tertiary/aromatic N) is 1. The van der Waals surface area contributed by atoms with E-state index in [9.17, 15) is 31.5 Å². The molecule has 2 aromatic rings. The van der Waals surface area contributed by atoms with E-state index < -0.39 is 40.4 Å². The lowest BCUT2D eigenvalue weighted by Gasteiger charge is -2.10. The smallest absolute Gasteiger partial charge is 0.303 e. The third-order valence-electron chi connectivity index (χ3n) is 2.44. The molecule has 1 aromatic heterocycles. The van der Waals surface area contributed by atoms with Gasteiger partial charge in [0, 0.05) is 9.64 Å². The molecule has 4 nitrogen and oxygen atoms in total. The van der Waals surface area contributed by atoms with Crippen LogP contribution in [-0.2, 0) is 6.18 Å². The summed E-state index contributed by atoms with van der Waals surface area (Å²) in [4.78, 5) is 24.5. The molecule has 10 heteroatoms. The first kappa shape index (κ1) is 15.7. The number of hydrogen-bond acceptors (Lipinski definition) is 2. The number of rotatable bonds is 1. The van der Waals surface area contributed by atoms with Crippen LogP contribution in [0.5, 0.6) is 0 Å². The van der Waals surface area contributed by atoms with Crippen LogP contribution >= 0.6 is 22.6 Å². The molecule has 0 atom stereocenters. The molecule has 0 saturated heterocycles. The van der Waals surface area contributed by atoms with E-state index in [-0.39, 0.29) is 14.2 Å². The highest BCUT2D eigenvalue weighted by Crippen LogP contribution is 2.26. The highest BCUT2D eigenvalue weighted by atomic mass is 127. The number of H-pyrrole nitrogens is 1. The van der Waals surface area contributed by atoms with Crippen molar-refractivity contribution in [3.05, 3.63) is 59.9 Å². The first-order valence-corrected chi connectivity index (χ1v) is 6.27. The Balaban J connectivity index is 2.79. The lowest BCUT2D eigenvalue weighted by molar-refractivity contribution is -0.141. The zero-order valence-corrected chi connectivity index (χ0v) is 11.9. The van der Waals surface area contributed by atoms with Crippen molar-refractivity contribution in [2.24, 2.45) is 0 Å². The summed E-state index contributed by atoms with van der Waals surface area (Å²) in [5.41, 5.74) is -5.71. The molecule has 0 amide bonds. The normalized spacial score (nSPS) is 11.7. The van der Waals surface area contributed by atoms with Crippen molar-refractivity contribution < 1.29 is 22.0 Å². The zero-order valence-electron chi connectivity index (χ0n) is 9.76. The van der Waals surface area contributed by atoms with Gasteiger partial charge >= 0.3 is 11.9 Å². The molecule has 1 aromatic carbocycles. The lowest BCUT2D eigenvalue weighted by Crippen LogP contribution is -2.36. The number of aromatic nitrogens is 2. The molecule has 21 heavy (non-hydrogen) atoms. The zero-order chi connectivity index (χ0) is 15.9. The quantitative estimate of drug-likeness (QED) is 0.572. The molecule has 1 heterocycles. The maximum atomic E-state index is 13.7. The predicted molar refractivity (Wildman–Crippen MR) is 70.3 cm³/mol. The molecule has 0 unspecified atom stereocenters. The Kier molecular flexibility index (Phi) is 3.91. The molecule has 0 saturated carbocycles. The minimum absolute atomic E-state index is 0.0318. The van der Waals surface area contributed by atoms with Gasteiger partial charge in [0.2, 0.25) is 0 Å². The molecule has 2 rings (SSSR count). The molecule has 0 aliphatic heterocycles. The number of aromatic amines is 1. The van der Waals surface area contributed by atoms with E-state index in [0.29, 0.717) is 0 Å². The van der Waals surface area contributed by atoms with E-state index in [4.69, 9.17) is 0 Å². The Morgan fingerprint density at radius 2 is 1.57 bits per heavy atom. The van der Waals surface area contributed by atoms with E-state index in [1.165, 1.54) is 4.98 Å². The maximum absolute atomic E-state index is 13.7. The molecule has 0 radical (unpaired) electrons. The summed E-state index contributed by atoms with van der Waals surface area (Å²) >= 11 is 1.60. The summed E-state index contributed by atoms with van der Waals surface area (Å²) in [6, 6.07) is 1.73. The van der Waals surface area contributed by atoms with Crippen molar-refractivity contribution in [2.45, 2.75) is 6.18 Å². The highest BCUT2D eigenvalue weighted by Gasteiger charge is 2.33. The van der Waals surface area contributed by atoms with E-state index in [0.717, 1.165) is 12.1 Å². The largest absolute Gasteiger partial charge is 0.431 e. The minimum atomic E-state index is -4.96. The van der Waals surface area contributed by atoms with Gasteiger partial charge in [0.05, 0.1) is 0 Å². The molecule has 112 valence electrons. The Bertz CT molecular complexity index is 770. The molecule has 0 bridgehead atoms. The predicted octanol–water partition coefficient (Wildman–Crippen LogP) is 2.43. The van der Waals surface area contributed by atoms with Crippen LogP contribution in [0.15, 0.2) is 27.8 Å². The summed E-state index contributed by atoms with van der Waals surface area (Å²) in [5, 5.41) is 0. The fraction of sp³-hybridized carbons (Fsp3) is 0.0909. The van der Waals surface area contributed by atoms with Crippen molar-refractivity contribution in [1.82, 2.24) is 9.55 Å². The van der Waals surface area contributed by atoms with Gasteiger partial charge in [0.25, 0.3) is 5.56 Å². The number of benzene rings is 1. The second kappa shape index (κ2) is 5.24. The molecule has 0 aliphatic carbocycles. The molecule has 0 spiro atoms. The van der Waals surface area contributed by atoms with Crippen molar-refractivity contribution in [3.8, 4) is 5.69 Å². The van der Waals surface area contributed by atoms with Gasteiger partial charge in [-0.15, -0.1) is 0 Å². The van der Waals surface area contributed by atoms with E-state index in [2.05, 4.69) is 0 Å². The fourth-order valence-electron chi connectivity index (χ4n) is 1.61. The van der Waals surface area contributed by atoms with Crippen LogP contribution in [0.25, 0.3) is 5.69 Å². The summed E-state index contributed by atoms with van der Waals surface area (Å²) in [6.45, 7) is 0. The van der Waals surface area contributed by atoms with Crippen molar-refractivity contribution in [1.29, 1.82) is 0 Å². The number of halogens is 6. The summed E-state index contributed by atoms with van der Waals surface area (Å²) < 4.78 is 64.8. The Morgan fingerprint density at radius 1 is 1.05 bits per heavy atom. The van der Waals surface area contributed by atoms with Crippen LogP contribution in [0.2, 0.25) is 0 Å². The second-order valence-electron chi connectivity index (χ2n) is 3.88. The third kappa shape index (κ3) is 2.99. The fourth-order valence-corrected chi connectivity index (χ4v) is 2.15. The third-order valence-corrected chi connectivity index (χ3v) is 3.07. The van der Waals surface area contributed by atoms with Crippen molar-refractivity contribution in [2.75, 3.05) is 0 Å². The Morgan fingerprint density at radius 3 is 2.00 bits per heavy atom. The average molecular weight is 418 g/mol. The number of alkyl halides is 3. The van der Waals surface area contributed by atoms with Crippen LogP contribution in [0.4, 0.5) is 22.0 Å². The van der Waals surface area contributed by atoms with Crippen LogP contribution in [-0.4, -0.2) is 9.55 Å². The van der Waals surface area contributed by atoms with Crippen LogP contribution < -0.4 is 11.2 Å². The Labute approximate surface area is 126 Å². The maximum Gasteiger partial charge on any atom is 0.431 e. The second-order valence-corrected chi connectivity index (χ2v) is 5.12.